The van der Waals surface area contributed by atoms with Gasteiger partial charge in [-0.05, 0) is 42.8 Å². The van der Waals surface area contributed by atoms with Crippen LogP contribution in [0.25, 0.3) is 5.70 Å². The molecule has 36 heavy (non-hydrogen) atoms. The Hall–Kier alpha value is -3.13. The third-order valence-electron chi connectivity index (χ3n) is 7.42. The monoisotopic (exact) mass is 508 g/mol. The van der Waals surface area contributed by atoms with Crippen LogP contribution in [0.4, 0.5) is 10.6 Å². The second kappa shape index (κ2) is 10.5. The molecule has 0 saturated heterocycles. The Morgan fingerprint density at radius 1 is 1.08 bits per heavy atom. The molecule has 3 heterocycles. The standard InChI is InChI=1S/C27H33ClN6O2/c1-3-4-17-34-23-22(30-25(28)31-23)19(2)33(26(34)35)18-11-14-21-29-24(32-36-21)27(15-9-6-10-16-27)20-12-7-5-8-13-20/h5,7-8,12-13H,2-4,6,9-11,14-18H2,1H3,(H,30,31). The zero-order valence-corrected chi connectivity index (χ0v) is 21.6. The fourth-order valence-corrected chi connectivity index (χ4v) is 5.64. The molecule has 1 N–H and O–H groups in total. The van der Waals surface area contributed by atoms with Gasteiger partial charge in [0.2, 0.25) is 11.2 Å². The highest BCUT2D eigenvalue weighted by molar-refractivity contribution is 6.28. The van der Waals surface area contributed by atoms with Crippen LogP contribution >= 0.6 is 11.6 Å². The highest BCUT2D eigenvalue weighted by Crippen LogP contribution is 2.43. The minimum atomic E-state index is -0.186. The number of benzene rings is 1. The van der Waals surface area contributed by atoms with Crippen LogP contribution in [-0.2, 0) is 11.8 Å². The Kier molecular flexibility index (Phi) is 7.14. The first kappa shape index (κ1) is 24.6. The summed E-state index contributed by atoms with van der Waals surface area (Å²) < 4.78 is 5.71. The van der Waals surface area contributed by atoms with Gasteiger partial charge < -0.3 is 9.51 Å². The molecule has 0 spiro atoms. The van der Waals surface area contributed by atoms with Crippen molar-refractivity contribution in [3.63, 3.8) is 0 Å². The highest BCUT2D eigenvalue weighted by Gasteiger charge is 2.40. The van der Waals surface area contributed by atoms with Crippen LogP contribution < -0.4 is 4.90 Å². The van der Waals surface area contributed by atoms with E-state index >= 15 is 0 Å². The van der Waals surface area contributed by atoms with Gasteiger partial charge in [-0.1, -0.05) is 74.7 Å². The van der Waals surface area contributed by atoms with E-state index in [4.69, 9.17) is 21.1 Å². The van der Waals surface area contributed by atoms with Crippen molar-refractivity contribution in [3.05, 3.63) is 65.2 Å². The highest BCUT2D eigenvalue weighted by atomic mass is 35.5. The molecule has 2 amide bonds. The van der Waals surface area contributed by atoms with Crippen molar-refractivity contribution >= 4 is 29.1 Å². The van der Waals surface area contributed by atoms with E-state index in [1.165, 1.54) is 12.0 Å². The van der Waals surface area contributed by atoms with E-state index in [1.54, 1.807) is 9.80 Å². The zero-order valence-electron chi connectivity index (χ0n) is 20.8. The maximum Gasteiger partial charge on any atom is 0.330 e. The summed E-state index contributed by atoms with van der Waals surface area (Å²) >= 11 is 6.13. The van der Waals surface area contributed by atoms with Crippen LogP contribution in [0.3, 0.4) is 0 Å². The normalized spacial score (nSPS) is 17.5. The SMILES string of the molecule is C=C1c2[nH]c(Cl)nc2N(CCCC)C(=O)N1CCCc1nc(C2(c3ccccc3)CCCCC2)no1. The van der Waals surface area contributed by atoms with Crippen molar-refractivity contribution in [3.8, 4) is 0 Å². The number of aryl methyl sites for hydroxylation is 1. The molecule has 1 aromatic carbocycles. The Balaban J connectivity index is 1.29. The number of aromatic amines is 1. The summed E-state index contributed by atoms with van der Waals surface area (Å²) in [6.07, 6.45) is 8.72. The fraction of sp³-hybridized carbons (Fsp3) is 0.481. The van der Waals surface area contributed by atoms with Crippen molar-refractivity contribution in [2.45, 2.75) is 70.1 Å². The third-order valence-corrected chi connectivity index (χ3v) is 7.60. The molecule has 9 heteroatoms. The first-order chi connectivity index (χ1) is 17.5. The number of amides is 2. The van der Waals surface area contributed by atoms with Gasteiger partial charge in [0.25, 0.3) is 0 Å². The van der Waals surface area contributed by atoms with Gasteiger partial charge in [-0.3, -0.25) is 9.80 Å². The van der Waals surface area contributed by atoms with Crippen LogP contribution in [0, 0.1) is 0 Å². The van der Waals surface area contributed by atoms with Crippen LogP contribution in [0.1, 0.15) is 81.3 Å². The number of halogens is 1. The molecule has 2 aliphatic rings. The van der Waals surface area contributed by atoms with Crippen molar-refractivity contribution in [2.75, 3.05) is 18.0 Å². The molecule has 3 aromatic rings. The van der Waals surface area contributed by atoms with Crippen molar-refractivity contribution in [1.29, 1.82) is 0 Å². The van der Waals surface area contributed by atoms with Gasteiger partial charge in [-0.25, -0.2) is 4.79 Å². The minimum Gasteiger partial charge on any atom is -0.339 e. The summed E-state index contributed by atoms with van der Waals surface area (Å²) in [5, 5.41) is 4.70. The second-order valence-electron chi connectivity index (χ2n) is 9.74. The maximum atomic E-state index is 13.3. The lowest BCUT2D eigenvalue weighted by atomic mass is 9.69. The van der Waals surface area contributed by atoms with Gasteiger partial charge in [0.05, 0.1) is 11.1 Å². The number of H-pyrrole nitrogens is 1. The lowest BCUT2D eigenvalue weighted by molar-refractivity contribution is 0.221. The summed E-state index contributed by atoms with van der Waals surface area (Å²) in [5.74, 6) is 1.94. The Labute approximate surface area is 216 Å². The van der Waals surface area contributed by atoms with Gasteiger partial charge in [-0.15, -0.1) is 0 Å². The molecule has 0 radical (unpaired) electrons. The summed E-state index contributed by atoms with van der Waals surface area (Å²) in [6.45, 7) is 7.31. The molecule has 190 valence electrons. The molecule has 2 aromatic heterocycles. The van der Waals surface area contributed by atoms with Crippen LogP contribution in [0.15, 0.2) is 41.4 Å². The van der Waals surface area contributed by atoms with E-state index in [9.17, 15) is 4.79 Å². The zero-order chi connectivity index (χ0) is 25.1. The number of nitrogens with zero attached hydrogens (tertiary/aromatic N) is 5. The van der Waals surface area contributed by atoms with Gasteiger partial charge in [-0.2, -0.15) is 9.97 Å². The number of hydrogen-bond donors (Lipinski definition) is 1. The molecule has 0 atom stereocenters. The smallest absolute Gasteiger partial charge is 0.330 e. The average Bonchev–Trinajstić information content (AvgIpc) is 3.54. The number of rotatable bonds is 9. The largest absolute Gasteiger partial charge is 0.339 e. The molecular formula is C27H33ClN6O2. The van der Waals surface area contributed by atoms with Crippen molar-refractivity contribution < 1.29 is 9.32 Å². The first-order valence-corrected chi connectivity index (χ1v) is 13.3. The van der Waals surface area contributed by atoms with E-state index in [1.807, 2.05) is 6.07 Å². The molecule has 0 bridgehead atoms. The quantitative estimate of drug-likeness (QED) is 0.364. The third kappa shape index (κ3) is 4.54. The predicted molar refractivity (Wildman–Crippen MR) is 140 cm³/mol. The van der Waals surface area contributed by atoms with E-state index in [2.05, 4.69) is 52.9 Å². The Bertz CT molecular complexity index is 1210. The van der Waals surface area contributed by atoms with E-state index in [0.29, 0.717) is 49.0 Å². The lowest BCUT2D eigenvalue weighted by Crippen LogP contribution is -2.47. The number of fused-ring (bicyclic) bond motifs is 1. The van der Waals surface area contributed by atoms with Crippen molar-refractivity contribution in [1.82, 2.24) is 25.0 Å². The molecule has 5 rings (SSSR count). The average molecular weight is 509 g/mol. The number of unbranched alkanes of at least 4 members (excludes halogenated alkanes) is 1. The molecular weight excluding hydrogens is 476 g/mol. The number of anilines is 1. The number of carbonyl (C=O) groups is 1. The van der Waals surface area contributed by atoms with Crippen LogP contribution in [0.5, 0.6) is 0 Å². The summed E-state index contributed by atoms with van der Waals surface area (Å²) in [4.78, 5) is 28.9. The van der Waals surface area contributed by atoms with Crippen molar-refractivity contribution in [2.24, 2.45) is 0 Å². The Morgan fingerprint density at radius 3 is 2.58 bits per heavy atom. The minimum absolute atomic E-state index is 0.124. The summed E-state index contributed by atoms with van der Waals surface area (Å²) in [6, 6.07) is 10.4. The molecule has 0 unspecified atom stereocenters. The molecule has 8 nitrogen and oxygen atoms in total. The number of carbonyl (C=O) groups excluding carboxylic acids is 1. The summed E-state index contributed by atoms with van der Waals surface area (Å²) in [7, 11) is 0. The predicted octanol–water partition coefficient (Wildman–Crippen LogP) is 6.34. The number of nitrogens with one attached hydrogen (secondary N) is 1. The lowest BCUT2D eigenvalue weighted by Gasteiger charge is -2.35. The molecule has 1 fully saturated rings. The van der Waals surface area contributed by atoms with Crippen LogP contribution in [-0.4, -0.2) is 44.1 Å². The van der Waals surface area contributed by atoms with E-state index < -0.39 is 0 Å². The number of imidazole rings is 1. The second-order valence-corrected chi connectivity index (χ2v) is 10.1. The summed E-state index contributed by atoms with van der Waals surface area (Å²) in [5.41, 5.74) is 2.35. The number of aromatic nitrogens is 4. The van der Waals surface area contributed by atoms with Gasteiger partial charge >= 0.3 is 6.03 Å². The number of urea groups is 1. The molecule has 1 aliphatic heterocycles. The van der Waals surface area contributed by atoms with E-state index in [-0.39, 0.29) is 16.7 Å². The molecule has 1 saturated carbocycles. The van der Waals surface area contributed by atoms with E-state index in [0.717, 1.165) is 44.3 Å². The van der Waals surface area contributed by atoms with Gasteiger partial charge in [0, 0.05) is 19.5 Å². The maximum absolute atomic E-state index is 13.3. The van der Waals surface area contributed by atoms with Gasteiger partial charge in [0.1, 0.15) is 5.69 Å². The topological polar surface area (TPSA) is 91.2 Å². The fourth-order valence-electron chi connectivity index (χ4n) is 5.46. The Morgan fingerprint density at radius 2 is 1.83 bits per heavy atom. The van der Waals surface area contributed by atoms with Crippen LogP contribution in [0.2, 0.25) is 5.28 Å². The molecule has 1 aliphatic carbocycles. The van der Waals surface area contributed by atoms with Gasteiger partial charge in [0.15, 0.2) is 11.6 Å². The first-order valence-electron chi connectivity index (χ1n) is 13.0. The number of hydrogen-bond acceptors (Lipinski definition) is 5.